The molecule has 14 heavy (non-hydrogen) atoms. The third-order valence-electron chi connectivity index (χ3n) is 2.12. The van der Waals surface area contributed by atoms with Gasteiger partial charge in [-0.2, -0.15) is 0 Å². The van der Waals surface area contributed by atoms with Crippen molar-refractivity contribution in [3.63, 3.8) is 0 Å². The molecule has 0 aromatic carbocycles. The topological polar surface area (TPSA) is 55.1 Å². The number of carboxylic acids is 1. The molecule has 1 rings (SSSR count). The molecule has 1 aromatic rings. The van der Waals surface area contributed by atoms with Gasteiger partial charge in [-0.05, 0) is 12.8 Å². The van der Waals surface area contributed by atoms with Gasteiger partial charge in [0.25, 0.3) is 0 Å². The minimum absolute atomic E-state index is 0.490. The second-order valence-electron chi connectivity index (χ2n) is 3.92. The maximum atomic E-state index is 10.8. The number of aliphatic carboxylic acids is 1. The number of hydrogen-bond donors (Lipinski definition) is 1. The van der Waals surface area contributed by atoms with Gasteiger partial charge in [0.15, 0.2) is 0 Å². The Labute approximate surface area is 83.6 Å². The van der Waals surface area contributed by atoms with Crippen molar-refractivity contribution in [2.45, 2.75) is 33.2 Å². The molecule has 0 bridgehead atoms. The van der Waals surface area contributed by atoms with E-state index < -0.39 is 11.9 Å². The van der Waals surface area contributed by atoms with Gasteiger partial charge in [-0.15, -0.1) is 0 Å². The van der Waals surface area contributed by atoms with Crippen LogP contribution in [0, 0.1) is 5.92 Å². The van der Waals surface area contributed by atoms with E-state index in [4.69, 9.17) is 5.11 Å². The van der Waals surface area contributed by atoms with Gasteiger partial charge in [0.2, 0.25) is 0 Å². The molecular weight excluding hydrogens is 180 g/mol. The molecule has 0 radical (unpaired) electrons. The van der Waals surface area contributed by atoms with E-state index in [1.165, 1.54) is 0 Å². The number of hydrogen-bond acceptors (Lipinski definition) is 2. The Balaban J connectivity index is 2.86. The lowest BCUT2D eigenvalue weighted by Crippen LogP contribution is -2.14. The van der Waals surface area contributed by atoms with E-state index in [2.05, 4.69) is 18.8 Å². The van der Waals surface area contributed by atoms with Crippen LogP contribution in [-0.2, 0) is 11.3 Å². The highest BCUT2D eigenvalue weighted by molar-refractivity contribution is 5.74. The largest absolute Gasteiger partial charge is 0.481 e. The molecule has 1 unspecified atom stereocenters. The summed E-state index contributed by atoms with van der Waals surface area (Å²) in [5.41, 5.74) is 0.770. The van der Waals surface area contributed by atoms with Gasteiger partial charge in [0, 0.05) is 12.7 Å². The molecule has 4 nitrogen and oxygen atoms in total. The Kier molecular flexibility index (Phi) is 3.28. The van der Waals surface area contributed by atoms with Gasteiger partial charge in [-0.1, -0.05) is 13.8 Å². The maximum Gasteiger partial charge on any atom is 0.312 e. The van der Waals surface area contributed by atoms with Crippen LogP contribution in [0.5, 0.6) is 0 Å². The molecule has 1 atom stereocenters. The summed E-state index contributed by atoms with van der Waals surface area (Å²) in [6.45, 7) is 6.67. The molecule has 0 saturated heterocycles. The Morgan fingerprint density at radius 1 is 1.57 bits per heavy atom. The van der Waals surface area contributed by atoms with Gasteiger partial charge < -0.3 is 9.67 Å². The molecule has 0 spiro atoms. The summed E-state index contributed by atoms with van der Waals surface area (Å²) >= 11 is 0. The number of carboxylic acid groups (broad SMARTS) is 1. The van der Waals surface area contributed by atoms with Crippen LogP contribution in [-0.4, -0.2) is 20.6 Å². The molecule has 0 aliphatic rings. The smallest absolute Gasteiger partial charge is 0.312 e. The fraction of sp³-hybridized carbons (Fsp3) is 0.600. The average molecular weight is 196 g/mol. The molecule has 0 fully saturated rings. The molecule has 0 aliphatic heterocycles. The Morgan fingerprint density at radius 3 is 2.71 bits per heavy atom. The highest BCUT2D eigenvalue weighted by atomic mass is 16.4. The average Bonchev–Trinajstić information content (AvgIpc) is 2.49. The summed E-state index contributed by atoms with van der Waals surface area (Å²) in [5.74, 6) is -0.810. The fourth-order valence-corrected chi connectivity index (χ4v) is 1.36. The molecule has 1 heterocycles. The van der Waals surface area contributed by atoms with E-state index in [0.29, 0.717) is 5.92 Å². The van der Waals surface area contributed by atoms with Crippen molar-refractivity contribution in [3.05, 3.63) is 18.2 Å². The molecule has 1 N–H and O–H groups in total. The Morgan fingerprint density at radius 2 is 2.21 bits per heavy atom. The first kappa shape index (κ1) is 10.8. The van der Waals surface area contributed by atoms with Crippen molar-refractivity contribution < 1.29 is 9.90 Å². The zero-order valence-corrected chi connectivity index (χ0v) is 8.77. The molecule has 1 aromatic heterocycles. The summed E-state index contributed by atoms with van der Waals surface area (Å²) in [4.78, 5) is 14.8. The quantitative estimate of drug-likeness (QED) is 0.797. The van der Waals surface area contributed by atoms with Crippen LogP contribution in [0.15, 0.2) is 12.5 Å². The molecule has 0 amide bonds. The zero-order chi connectivity index (χ0) is 10.7. The first-order valence-corrected chi connectivity index (χ1v) is 4.75. The van der Waals surface area contributed by atoms with Crippen LogP contribution in [0.25, 0.3) is 0 Å². The number of carbonyl (C=O) groups is 1. The van der Waals surface area contributed by atoms with Gasteiger partial charge in [-0.3, -0.25) is 4.79 Å². The molecular formula is C10H16N2O2. The standard InChI is InChI=1S/C10H16N2O2/c1-7(2)5-12-6-11-4-9(12)8(3)10(13)14/h4,6-8H,5H2,1-3H3,(H,13,14). The second kappa shape index (κ2) is 4.26. The van der Waals surface area contributed by atoms with Crippen molar-refractivity contribution in [2.75, 3.05) is 0 Å². The normalized spacial score (nSPS) is 13.1. The monoisotopic (exact) mass is 196 g/mol. The van der Waals surface area contributed by atoms with Crippen molar-refractivity contribution in [2.24, 2.45) is 5.92 Å². The van der Waals surface area contributed by atoms with Crippen molar-refractivity contribution in [1.82, 2.24) is 9.55 Å². The third-order valence-corrected chi connectivity index (χ3v) is 2.12. The van der Waals surface area contributed by atoms with Crippen LogP contribution in [0.2, 0.25) is 0 Å². The van der Waals surface area contributed by atoms with Crippen LogP contribution < -0.4 is 0 Å². The number of aromatic nitrogens is 2. The number of rotatable bonds is 4. The predicted octanol–water partition coefficient (Wildman–Crippen LogP) is 1.73. The second-order valence-corrected chi connectivity index (χ2v) is 3.92. The van der Waals surface area contributed by atoms with E-state index in [1.807, 2.05) is 4.57 Å². The highest BCUT2D eigenvalue weighted by Crippen LogP contribution is 2.15. The van der Waals surface area contributed by atoms with Crippen LogP contribution in [0.1, 0.15) is 32.4 Å². The van der Waals surface area contributed by atoms with E-state index in [0.717, 1.165) is 12.2 Å². The van der Waals surface area contributed by atoms with Crippen LogP contribution in [0.3, 0.4) is 0 Å². The Bertz CT molecular complexity index is 318. The van der Waals surface area contributed by atoms with E-state index in [9.17, 15) is 4.79 Å². The lowest BCUT2D eigenvalue weighted by Gasteiger charge is -2.12. The van der Waals surface area contributed by atoms with Crippen LogP contribution in [0.4, 0.5) is 0 Å². The van der Waals surface area contributed by atoms with Crippen molar-refractivity contribution in [3.8, 4) is 0 Å². The van der Waals surface area contributed by atoms with Crippen LogP contribution >= 0.6 is 0 Å². The van der Waals surface area contributed by atoms with Gasteiger partial charge in [0.05, 0.1) is 17.9 Å². The van der Waals surface area contributed by atoms with Crippen molar-refractivity contribution in [1.29, 1.82) is 0 Å². The van der Waals surface area contributed by atoms with E-state index >= 15 is 0 Å². The maximum absolute atomic E-state index is 10.8. The van der Waals surface area contributed by atoms with Gasteiger partial charge in [-0.25, -0.2) is 4.98 Å². The summed E-state index contributed by atoms with van der Waals surface area (Å²) in [5, 5.41) is 8.87. The van der Waals surface area contributed by atoms with E-state index in [1.54, 1.807) is 19.4 Å². The summed E-state index contributed by atoms with van der Waals surface area (Å²) in [6.07, 6.45) is 3.32. The summed E-state index contributed by atoms with van der Waals surface area (Å²) in [7, 11) is 0. The SMILES string of the molecule is CC(C)Cn1cncc1C(C)C(=O)O. The predicted molar refractivity (Wildman–Crippen MR) is 53.1 cm³/mol. The minimum atomic E-state index is -0.810. The first-order chi connectivity index (χ1) is 6.52. The van der Waals surface area contributed by atoms with Gasteiger partial charge in [0.1, 0.15) is 0 Å². The molecule has 0 saturated carbocycles. The van der Waals surface area contributed by atoms with E-state index in [-0.39, 0.29) is 0 Å². The Hall–Kier alpha value is -1.32. The number of imidazole rings is 1. The first-order valence-electron chi connectivity index (χ1n) is 4.75. The minimum Gasteiger partial charge on any atom is -0.481 e. The van der Waals surface area contributed by atoms with Crippen molar-refractivity contribution >= 4 is 5.97 Å². The number of nitrogens with zero attached hydrogens (tertiary/aromatic N) is 2. The summed E-state index contributed by atoms with van der Waals surface area (Å²) in [6, 6.07) is 0. The third kappa shape index (κ3) is 2.34. The molecule has 78 valence electrons. The fourth-order valence-electron chi connectivity index (χ4n) is 1.36. The lowest BCUT2D eigenvalue weighted by molar-refractivity contribution is -0.138. The van der Waals surface area contributed by atoms with Gasteiger partial charge >= 0.3 is 5.97 Å². The zero-order valence-electron chi connectivity index (χ0n) is 8.77. The highest BCUT2D eigenvalue weighted by Gasteiger charge is 2.17. The lowest BCUT2D eigenvalue weighted by atomic mass is 10.1. The summed E-state index contributed by atoms with van der Waals surface area (Å²) < 4.78 is 1.91. The molecule has 4 heteroatoms. The molecule has 0 aliphatic carbocycles.